The van der Waals surface area contributed by atoms with Crippen molar-refractivity contribution in [2.45, 2.75) is 13.0 Å². The lowest BCUT2D eigenvalue weighted by atomic mass is 10.1. The molecule has 0 heterocycles. The predicted octanol–water partition coefficient (Wildman–Crippen LogP) is 4.93. The Morgan fingerprint density at radius 1 is 1.11 bits per heavy atom. The summed E-state index contributed by atoms with van der Waals surface area (Å²) in [5, 5.41) is 3.26. The van der Waals surface area contributed by atoms with Gasteiger partial charge in [-0.3, -0.25) is 0 Å². The van der Waals surface area contributed by atoms with E-state index >= 15 is 0 Å². The quantitative estimate of drug-likeness (QED) is 0.789. The molecule has 1 atom stereocenters. The molecule has 0 bridgehead atoms. The highest BCUT2D eigenvalue weighted by Gasteiger charge is 2.14. The average molecular weight is 286 g/mol. The van der Waals surface area contributed by atoms with Crippen molar-refractivity contribution in [1.29, 1.82) is 0 Å². The van der Waals surface area contributed by atoms with Crippen molar-refractivity contribution in [3.63, 3.8) is 0 Å². The van der Waals surface area contributed by atoms with Crippen LogP contribution in [0.3, 0.4) is 0 Å². The van der Waals surface area contributed by atoms with Crippen LogP contribution in [-0.4, -0.2) is 0 Å². The van der Waals surface area contributed by atoms with Crippen molar-refractivity contribution in [3.8, 4) is 0 Å². The maximum Gasteiger partial charge on any atom is 0.182 e. The maximum absolute atomic E-state index is 13.5. The molecule has 5 heteroatoms. The van der Waals surface area contributed by atoms with Crippen molar-refractivity contribution < 1.29 is 13.2 Å². The normalized spacial score (nSPS) is 12.3. The van der Waals surface area contributed by atoms with E-state index in [9.17, 15) is 13.2 Å². The molecule has 0 spiro atoms. The predicted molar refractivity (Wildman–Crippen MR) is 69.8 cm³/mol. The number of hydrogen-bond donors (Lipinski definition) is 1. The fourth-order valence-electron chi connectivity index (χ4n) is 1.75. The molecule has 1 nitrogen and oxygen atoms in total. The molecule has 0 amide bonds. The highest BCUT2D eigenvalue weighted by molar-refractivity contribution is 6.30. The van der Waals surface area contributed by atoms with Gasteiger partial charge in [-0.1, -0.05) is 23.7 Å². The summed E-state index contributed by atoms with van der Waals surface area (Å²) in [4.78, 5) is 0. The number of benzene rings is 2. The van der Waals surface area contributed by atoms with E-state index in [1.54, 1.807) is 31.2 Å². The molecule has 0 saturated carbocycles. The minimum absolute atomic E-state index is 0.218. The Labute approximate surface area is 114 Å². The van der Waals surface area contributed by atoms with Gasteiger partial charge < -0.3 is 5.32 Å². The molecule has 0 radical (unpaired) electrons. The highest BCUT2D eigenvalue weighted by atomic mass is 35.5. The van der Waals surface area contributed by atoms with Crippen molar-refractivity contribution in [3.05, 3.63) is 64.4 Å². The summed E-state index contributed by atoms with van der Waals surface area (Å²) < 4.78 is 39.6. The van der Waals surface area contributed by atoms with Gasteiger partial charge in [0.15, 0.2) is 11.6 Å². The lowest BCUT2D eigenvalue weighted by Gasteiger charge is -2.16. The topological polar surface area (TPSA) is 12.0 Å². The van der Waals surface area contributed by atoms with Gasteiger partial charge in [0.25, 0.3) is 0 Å². The smallest absolute Gasteiger partial charge is 0.182 e. The first kappa shape index (κ1) is 13.7. The second-order valence-corrected chi connectivity index (χ2v) is 4.61. The Kier molecular flexibility index (Phi) is 4.00. The van der Waals surface area contributed by atoms with Crippen LogP contribution in [0.25, 0.3) is 0 Å². The molecule has 0 aliphatic heterocycles. The fraction of sp³-hybridized carbons (Fsp3) is 0.143. The molecule has 0 saturated heterocycles. The van der Waals surface area contributed by atoms with Crippen molar-refractivity contribution >= 4 is 17.3 Å². The van der Waals surface area contributed by atoms with Crippen molar-refractivity contribution in [2.24, 2.45) is 0 Å². The van der Waals surface area contributed by atoms with E-state index in [2.05, 4.69) is 5.32 Å². The number of rotatable bonds is 3. The zero-order chi connectivity index (χ0) is 14.0. The van der Waals surface area contributed by atoms with E-state index < -0.39 is 17.5 Å². The van der Waals surface area contributed by atoms with Crippen LogP contribution in [0.1, 0.15) is 18.5 Å². The van der Waals surface area contributed by atoms with Gasteiger partial charge in [-0.15, -0.1) is 0 Å². The zero-order valence-corrected chi connectivity index (χ0v) is 10.8. The Morgan fingerprint density at radius 2 is 1.84 bits per heavy atom. The van der Waals surface area contributed by atoms with Gasteiger partial charge in [-0.25, -0.2) is 13.2 Å². The molecule has 0 aliphatic rings. The van der Waals surface area contributed by atoms with Gasteiger partial charge in [-0.05, 0) is 24.6 Å². The van der Waals surface area contributed by atoms with Crippen LogP contribution in [0.4, 0.5) is 18.9 Å². The summed E-state index contributed by atoms with van der Waals surface area (Å²) in [6, 6.07) is 8.03. The number of hydrogen-bond acceptors (Lipinski definition) is 1. The SMILES string of the molecule is CC(Nc1cc(F)cc(F)c1F)c1cccc(Cl)c1. The van der Waals surface area contributed by atoms with E-state index in [1.165, 1.54) is 0 Å². The molecule has 1 N–H and O–H groups in total. The Balaban J connectivity index is 2.26. The fourth-order valence-corrected chi connectivity index (χ4v) is 1.95. The summed E-state index contributed by atoms with van der Waals surface area (Å²) in [5.74, 6) is -3.16. The van der Waals surface area contributed by atoms with Gasteiger partial charge in [0.2, 0.25) is 0 Å². The summed E-state index contributed by atoms with van der Waals surface area (Å²) in [5.41, 5.74) is 0.571. The molecule has 19 heavy (non-hydrogen) atoms. The van der Waals surface area contributed by atoms with Crippen LogP contribution in [0.5, 0.6) is 0 Å². The molecular formula is C14H11ClF3N. The second kappa shape index (κ2) is 5.53. The third-order valence-corrected chi connectivity index (χ3v) is 2.95. The monoisotopic (exact) mass is 285 g/mol. The molecule has 2 rings (SSSR count). The largest absolute Gasteiger partial charge is 0.376 e. The Hall–Kier alpha value is -1.68. The second-order valence-electron chi connectivity index (χ2n) is 4.17. The molecular weight excluding hydrogens is 275 g/mol. The van der Waals surface area contributed by atoms with E-state index in [0.717, 1.165) is 11.6 Å². The van der Waals surface area contributed by atoms with Gasteiger partial charge in [-0.2, -0.15) is 0 Å². The molecule has 2 aromatic carbocycles. The molecule has 0 aromatic heterocycles. The van der Waals surface area contributed by atoms with Gasteiger partial charge >= 0.3 is 0 Å². The van der Waals surface area contributed by atoms with Crippen LogP contribution in [-0.2, 0) is 0 Å². The standard InChI is InChI=1S/C14H11ClF3N/c1-8(9-3-2-4-10(15)5-9)19-13-7-11(16)6-12(17)14(13)18/h2-8,19H,1H3. The van der Waals surface area contributed by atoms with Crippen LogP contribution >= 0.6 is 11.6 Å². The Bertz CT molecular complexity index is 601. The first-order valence-electron chi connectivity index (χ1n) is 5.64. The first-order chi connectivity index (χ1) is 8.97. The third-order valence-electron chi connectivity index (χ3n) is 2.71. The highest BCUT2D eigenvalue weighted by Crippen LogP contribution is 2.25. The van der Waals surface area contributed by atoms with E-state index in [-0.39, 0.29) is 11.7 Å². The van der Waals surface area contributed by atoms with Gasteiger partial charge in [0.1, 0.15) is 5.82 Å². The van der Waals surface area contributed by atoms with Crippen LogP contribution < -0.4 is 5.32 Å². The minimum Gasteiger partial charge on any atom is -0.376 e. The first-order valence-corrected chi connectivity index (χ1v) is 6.01. The maximum atomic E-state index is 13.5. The number of nitrogens with one attached hydrogen (secondary N) is 1. The van der Waals surface area contributed by atoms with Crippen molar-refractivity contribution in [2.75, 3.05) is 5.32 Å². The number of anilines is 1. The number of halogens is 4. The summed E-state index contributed by atoms with van der Waals surface area (Å²) in [6.07, 6.45) is 0. The molecule has 0 fully saturated rings. The van der Waals surface area contributed by atoms with E-state index in [1.807, 2.05) is 0 Å². The lowest BCUT2D eigenvalue weighted by Crippen LogP contribution is -2.09. The lowest BCUT2D eigenvalue weighted by molar-refractivity contribution is 0.496. The van der Waals surface area contributed by atoms with Gasteiger partial charge in [0, 0.05) is 23.2 Å². The average Bonchev–Trinajstić information content (AvgIpc) is 2.35. The van der Waals surface area contributed by atoms with Crippen molar-refractivity contribution in [1.82, 2.24) is 0 Å². The summed E-state index contributed by atoms with van der Waals surface area (Å²) >= 11 is 5.85. The van der Waals surface area contributed by atoms with E-state index in [4.69, 9.17) is 11.6 Å². The zero-order valence-electron chi connectivity index (χ0n) is 10.1. The summed E-state index contributed by atoms with van der Waals surface area (Å²) in [7, 11) is 0. The molecule has 100 valence electrons. The summed E-state index contributed by atoms with van der Waals surface area (Å²) in [6.45, 7) is 1.74. The van der Waals surface area contributed by atoms with E-state index in [0.29, 0.717) is 11.1 Å². The van der Waals surface area contributed by atoms with Crippen LogP contribution in [0, 0.1) is 17.5 Å². The minimum atomic E-state index is -1.22. The molecule has 1 unspecified atom stereocenters. The molecule has 0 aliphatic carbocycles. The molecule has 2 aromatic rings. The van der Waals surface area contributed by atoms with Gasteiger partial charge in [0.05, 0.1) is 5.69 Å². The Morgan fingerprint density at radius 3 is 2.53 bits per heavy atom. The van der Waals surface area contributed by atoms with Crippen LogP contribution in [0.2, 0.25) is 5.02 Å². The van der Waals surface area contributed by atoms with Crippen LogP contribution in [0.15, 0.2) is 36.4 Å². The third kappa shape index (κ3) is 3.20.